The number of halogens is 2. The summed E-state index contributed by atoms with van der Waals surface area (Å²) in [5.74, 6) is -2.75. The van der Waals surface area contributed by atoms with E-state index in [1.807, 2.05) is 0 Å². The Morgan fingerprint density at radius 3 is 2.25 bits per heavy atom. The summed E-state index contributed by atoms with van der Waals surface area (Å²) in [4.78, 5) is 22.5. The van der Waals surface area contributed by atoms with E-state index in [1.54, 1.807) is 0 Å². The molecule has 1 aromatic rings. The molecule has 0 radical (unpaired) electrons. The molecule has 0 aliphatic rings. The van der Waals surface area contributed by atoms with Crippen LogP contribution in [0.3, 0.4) is 0 Å². The van der Waals surface area contributed by atoms with Gasteiger partial charge in [-0.05, 0) is 12.1 Å². The molecule has 0 saturated heterocycles. The number of hydrogen-bond donors (Lipinski definition) is 0. The predicted octanol–water partition coefficient (Wildman–Crippen LogP) is 1.75. The van der Waals surface area contributed by atoms with Crippen LogP contribution in [0.2, 0.25) is 0 Å². The van der Waals surface area contributed by atoms with Crippen LogP contribution in [0.25, 0.3) is 0 Å². The second-order valence-electron chi connectivity index (χ2n) is 3.23. The number of ether oxygens (including phenoxy) is 1. The zero-order chi connectivity index (χ0) is 12.1. The van der Waals surface area contributed by atoms with Crippen LogP contribution in [-0.2, 0) is 9.53 Å². The largest absolute Gasteiger partial charge is 0.377 e. The quantitative estimate of drug-likeness (QED) is 0.569. The normalized spacial score (nSPS) is 10.2. The zero-order valence-electron chi connectivity index (χ0n) is 8.63. The van der Waals surface area contributed by atoms with Gasteiger partial charge >= 0.3 is 0 Å². The van der Waals surface area contributed by atoms with Crippen LogP contribution in [0, 0.1) is 11.6 Å². The third-order valence-electron chi connectivity index (χ3n) is 1.85. The second kappa shape index (κ2) is 5.46. The summed E-state index contributed by atoms with van der Waals surface area (Å²) in [6.45, 7) is -0.191. The predicted molar refractivity (Wildman–Crippen MR) is 52.2 cm³/mol. The Hall–Kier alpha value is -1.62. The van der Waals surface area contributed by atoms with Crippen molar-refractivity contribution in [3.8, 4) is 0 Å². The van der Waals surface area contributed by atoms with Crippen molar-refractivity contribution in [3.05, 3.63) is 35.4 Å². The summed E-state index contributed by atoms with van der Waals surface area (Å²) < 4.78 is 30.1. The van der Waals surface area contributed by atoms with Gasteiger partial charge in [-0.1, -0.05) is 0 Å². The number of Topliss-reactive ketones (excluding diaryl/α,β-unsaturated/α-hetero) is 2. The maximum Gasteiger partial charge on any atom is 0.170 e. The first-order valence-electron chi connectivity index (χ1n) is 4.53. The lowest BCUT2D eigenvalue weighted by Gasteiger charge is -2.01. The standard InChI is InChI=1S/C11H10F2O3/c1-16-6-10(14)5-11(15)7-2-8(12)4-9(13)3-7/h2-4H,5-6H2,1H3. The van der Waals surface area contributed by atoms with E-state index in [9.17, 15) is 18.4 Å². The summed E-state index contributed by atoms with van der Waals surface area (Å²) in [6.07, 6.45) is -0.420. The van der Waals surface area contributed by atoms with Gasteiger partial charge in [-0.15, -0.1) is 0 Å². The molecule has 0 aromatic heterocycles. The molecular weight excluding hydrogens is 218 g/mol. The first-order chi connectivity index (χ1) is 7.52. The highest BCUT2D eigenvalue weighted by Gasteiger charge is 2.13. The van der Waals surface area contributed by atoms with Crippen LogP contribution in [0.4, 0.5) is 8.78 Å². The number of ketones is 2. The minimum Gasteiger partial charge on any atom is -0.377 e. The van der Waals surface area contributed by atoms with Gasteiger partial charge in [0, 0.05) is 18.7 Å². The topological polar surface area (TPSA) is 43.4 Å². The number of carbonyl (C=O) groups is 2. The summed E-state index contributed by atoms with van der Waals surface area (Å²) in [6, 6.07) is 2.45. The maximum absolute atomic E-state index is 12.8. The fourth-order valence-corrected chi connectivity index (χ4v) is 1.21. The van der Waals surface area contributed by atoms with Crippen molar-refractivity contribution in [1.29, 1.82) is 0 Å². The number of methoxy groups -OCH3 is 1. The summed E-state index contributed by atoms with van der Waals surface area (Å²) in [7, 11) is 1.32. The SMILES string of the molecule is COCC(=O)CC(=O)c1cc(F)cc(F)c1. The molecular formula is C11H10F2O3. The van der Waals surface area contributed by atoms with Gasteiger partial charge in [-0.3, -0.25) is 9.59 Å². The van der Waals surface area contributed by atoms with Crippen LogP contribution >= 0.6 is 0 Å². The van der Waals surface area contributed by atoms with Crippen molar-refractivity contribution in [2.75, 3.05) is 13.7 Å². The van der Waals surface area contributed by atoms with Crippen molar-refractivity contribution < 1.29 is 23.1 Å². The highest BCUT2D eigenvalue weighted by atomic mass is 19.1. The number of benzene rings is 1. The zero-order valence-corrected chi connectivity index (χ0v) is 8.63. The van der Waals surface area contributed by atoms with E-state index in [2.05, 4.69) is 4.74 Å². The molecule has 86 valence electrons. The third kappa shape index (κ3) is 3.51. The molecule has 0 N–H and O–H groups in total. The summed E-state index contributed by atoms with van der Waals surface area (Å²) in [5.41, 5.74) is -0.151. The molecule has 0 spiro atoms. The lowest BCUT2D eigenvalue weighted by Crippen LogP contribution is -2.13. The molecule has 0 unspecified atom stereocenters. The van der Waals surface area contributed by atoms with Gasteiger partial charge in [0.1, 0.15) is 18.2 Å². The minimum absolute atomic E-state index is 0.151. The Labute approximate surface area is 91.0 Å². The Kier molecular flexibility index (Phi) is 4.25. The molecule has 0 heterocycles. The summed E-state index contributed by atoms with van der Waals surface area (Å²) in [5, 5.41) is 0. The van der Waals surface area contributed by atoms with Crippen LogP contribution in [0.1, 0.15) is 16.8 Å². The maximum atomic E-state index is 12.8. The molecule has 0 saturated carbocycles. The monoisotopic (exact) mass is 228 g/mol. The molecule has 16 heavy (non-hydrogen) atoms. The minimum atomic E-state index is -0.845. The molecule has 0 aliphatic carbocycles. The molecule has 0 atom stereocenters. The van der Waals surface area contributed by atoms with Crippen LogP contribution in [-0.4, -0.2) is 25.3 Å². The van der Waals surface area contributed by atoms with E-state index in [1.165, 1.54) is 7.11 Å². The lowest BCUT2D eigenvalue weighted by atomic mass is 10.1. The van der Waals surface area contributed by atoms with Gasteiger partial charge in [-0.25, -0.2) is 8.78 Å². The van der Waals surface area contributed by atoms with E-state index in [-0.39, 0.29) is 12.2 Å². The van der Waals surface area contributed by atoms with E-state index in [4.69, 9.17) is 0 Å². The smallest absolute Gasteiger partial charge is 0.170 e. The van der Waals surface area contributed by atoms with Crippen molar-refractivity contribution in [2.45, 2.75) is 6.42 Å². The molecule has 0 bridgehead atoms. The number of hydrogen-bond acceptors (Lipinski definition) is 3. The van der Waals surface area contributed by atoms with Crippen LogP contribution in [0.5, 0.6) is 0 Å². The van der Waals surface area contributed by atoms with Crippen LogP contribution in [0.15, 0.2) is 18.2 Å². The summed E-state index contributed by atoms with van der Waals surface area (Å²) >= 11 is 0. The van der Waals surface area contributed by atoms with Crippen LogP contribution < -0.4 is 0 Å². The first kappa shape index (κ1) is 12.4. The Morgan fingerprint density at radius 2 is 1.75 bits per heavy atom. The van der Waals surface area contributed by atoms with E-state index in [0.717, 1.165) is 12.1 Å². The van der Waals surface area contributed by atoms with Gasteiger partial charge in [0.05, 0.1) is 6.42 Å². The molecule has 3 nitrogen and oxygen atoms in total. The average Bonchev–Trinajstić information content (AvgIpc) is 2.16. The Balaban J connectivity index is 2.76. The van der Waals surface area contributed by atoms with E-state index < -0.39 is 29.6 Å². The first-order valence-corrected chi connectivity index (χ1v) is 4.53. The average molecular weight is 228 g/mol. The third-order valence-corrected chi connectivity index (χ3v) is 1.85. The van der Waals surface area contributed by atoms with Gasteiger partial charge < -0.3 is 4.74 Å². The van der Waals surface area contributed by atoms with E-state index >= 15 is 0 Å². The highest BCUT2D eigenvalue weighted by Crippen LogP contribution is 2.10. The van der Waals surface area contributed by atoms with Gasteiger partial charge in [0.15, 0.2) is 11.6 Å². The highest BCUT2D eigenvalue weighted by molar-refractivity contribution is 6.08. The molecule has 0 amide bonds. The van der Waals surface area contributed by atoms with Gasteiger partial charge in [0.2, 0.25) is 0 Å². The molecule has 5 heteroatoms. The van der Waals surface area contributed by atoms with Crippen molar-refractivity contribution in [2.24, 2.45) is 0 Å². The van der Waals surface area contributed by atoms with E-state index in [0.29, 0.717) is 6.07 Å². The van der Waals surface area contributed by atoms with Crippen molar-refractivity contribution in [3.63, 3.8) is 0 Å². The second-order valence-corrected chi connectivity index (χ2v) is 3.23. The lowest BCUT2D eigenvalue weighted by molar-refractivity contribution is -0.121. The fourth-order valence-electron chi connectivity index (χ4n) is 1.21. The van der Waals surface area contributed by atoms with Gasteiger partial charge in [-0.2, -0.15) is 0 Å². The fraction of sp³-hybridized carbons (Fsp3) is 0.273. The number of rotatable bonds is 5. The molecule has 1 aromatic carbocycles. The number of carbonyl (C=O) groups excluding carboxylic acids is 2. The molecule has 0 aliphatic heterocycles. The van der Waals surface area contributed by atoms with Crippen molar-refractivity contribution >= 4 is 11.6 Å². The Bertz CT molecular complexity index is 395. The van der Waals surface area contributed by atoms with Gasteiger partial charge in [0.25, 0.3) is 0 Å². The molecule has 1 rings (SSSR count). The Morgan fingerprint density at radius 1 is 1.19 bits per heavy atom. The van der Waals surface area contributed by atoms with Crippen molar-refractivity contribution in [1.82, 2.24) is 0 Å². The molecule has 0 fully saturated rings.